The molecular formula is C12H20N2O3. The molecule has 0 aromatic heterocycles. The molecule has 17 heavy (non-hydrogen) atoms. The van der Waals surface area contributed by atoms with Crippen LogP contribution in [0.15, 0.2) is 0 Å². The van der Waals surface area contributed by atoms with E-state index in [1.54, 1.807) is 0 Å². The van der Waals surface area contributed by atoms with Crippen LogP contribution in [0.5, 0.6) is 0 Å². The monoisotopic (exact) mass is 240 g/mol. The molecule has 0 aromatic carbocycles. The topological polar surface area (TPSA) is 58.6 Å². The molecule has 0 radical (unpaired) electrons. The zero-order valence-electron chi connectivity index (χ0n) is 10.3. The lowest BCUT2D eigenvalue weighted by Crippen LogP contribution is -2.53. The van der Waals surface area contributed by atoms with Crippen molar-refractivity contribution in [2.75, 3.05) is 19.8 Å². The van der Waals surface area contributed by atoms with Crippen molar-refractivity contribution in [1.29, 1.82) is 0 Å². The number of hydrogen-bond donors (Lipinski definition) is 1. The van der Waals surface area contributed by atoms with Gasteiger partial charge in [-0.3, -0.25) is 14.5 Å². The molecule has 1 saturated carbocycles. The predicted octanol–water partition coefficient (Wildman–Crippen LogP) is 0.292. The first kappa shape index (κ1) is 12.5. The standard InChI is InChI=1S/C12H20N2O3/c1-2-13-9-3-5-10(6-4-9)14-11(15)7-17-8-12(14)16/h9-10,13H,2-8H2,1H3. The van der Waals surface area contributed by atoms with E-state index < -0.39 is 0 Å². The number of ether oxygens (including phenoxy) is 1. The summed E-state index contributed by atoms with van der Waals surface area (Å²) in [5.41, 5.74) is 0. The highest BCUT2D eigenvalue weighted by molar-refractivity contribution is 5.98. The van der Waals surface area contributed by atoms with Crippen LogP contribution in [0.4, 0.5) is 0 Å². The maximum absolute atomic E-state index is 11.7. The number of morpholine rings is 1. The fourth-order valence-electron chi connectivity index (χ4n) is 2.74. The molecule has 5 nitrogen and oxygen atoms in total. The number of hydrogen-bond acceptors (Lipinski definition) is 4. The van der Waals surface area contributed by atoms with Crippen molar-refractivity contribution in [2.45, 2.75) is 44.7 Å². The lowest BCUT2D eigenvalue weighted by Gasteiger charge is -2.37. The van der Waals surface area contributed by atoms with E-state index in [1.807, 2.05) is 0 Å². The molecule has 2 fully saturated rings. The lowest BCUT2D eigenvalue weighted by molar-refractivity contribution is -0.162. The molecule has 0 spiro atoms. The third-order valence-electron chi connectivity index (χ3n) is 3.54. The maximum Gasteiger partial charge on any atom is 0.255 e. The van der Waals surface area contributed by atoms with Gasteiger partial charge in [0.1, 0.15) is 13.2 Å². The minimum Gasteiger partial charge on any atom is -0.362 e. The fraction of sp³-hybridized carbons (Fsp3) is 0.833. The van der Waals surface area contributed by atoms with Crippen LogP contribution in [-0.4, -0.2) is 48.6 Å². The molecule has 0 bridgehead atoms. The highest BCUT2D eigenvalue weighted by atomic mass is 16.5. The maximum atomic E-state index is 11.7. The van der Waals surface area contributed by atoms with Gasteiger partial charge >= 0.3 is 0 Å². The summed E-state index contributed by atoms with van der Waals surface area (Å²) in [4.78, 5) is 24.8. The van der Waals surface area contributed by atoms with Gasteiger partial charge in [-0.05, 0) is 32.2 Å². The molecular weight excluding hydrogens is 220 g/mol. The molecule has 1 saturated heterocycles. The minimum atomic E-state index is -0.173. The Kier molecular flexibility index (Phi) is 4.12. The van der Waals surface area contributed by atoms with E-state index in [4.69, 9.17) is 4.74 Å². The van der Waals surface area contributed by atoms with Crippen molar-refractivity contribution in [3.05, 3.63) is 0 Å². The minimum absolute atomic E-state index is 0.0544. The first-order valence-corrected chi connectivity index (χ1v) is 6.38. The van der Waals surface area contributed by atoms with Gasteiger partial charge in [-0.15, -0.1) is 0 Å². The highest BCUT2D eigenvalue weighted by Crippen LogP contribution is 2.24. The molecule has 1 N–H and O–H groups in total. The molecule has 0 aromatic rings. The molecule has 5 heteroatoms. The SMILES string of the molecule is CCNC1CCC(N2C(=O)COCC2=O)CC1. The Morgan fingerprint density at radius 1 is 1.18 bits per heavy atom. The Hall–Kier alpha value is -0.940. The molecule has 2 aliphatic rings. The van der Waals surface area contributed by atoms with Crippen LogP contribution in [0.1, 0.15) is 32.6 Å². The third-order valence-corrected chi connectivity index (χ3v) is 3.54. The van der Waals surface area contributed by atoms with Crippen molar-refractivity contribution in [2.24, 2.45) is 0 Å². The Bertz CT molecular complexity index is 282. The summed E-state index contributed by atoms with van der Waals surface area (Å²) >= 11 is 0. The normalized spacial score (nSPS) is 30.8. The second-order valence-electron chi connectivity index (χ2n) is 4.71. The van der Waals surface area contributed by atoms with Gasteiger partial charge in [0.2, 0.25) is 0 Å². The van der Waals surface area contributed by atoms with E-state index in [1.165, 1.54) is 4.90 Å². The van der Waals surface area contributed by atoms with E-state index in [0.29, 0.717) is 6.04 Å². The Balaban J connectivity index is 1.91. The number of carbonyl (C=O) groups excluding carboxylic acids is 2. The molecule has 2 rings (SSSR count). The number of nitrogens with zero attached hydrogens (tertiary/aromatic N) is 1. The van der Waals surface area contributed by atoms with E-state index >= 15 is 0 Å². The summed E-state index contributed by atoms with van der Waals surface area (Å²) in [5, 5.41) is 3.42. The van der Waals surface area contributed by atoms with Gasteiger partial charge < -0.3 is 10.1 Å². The van der Waals surface area contributed by atoms with Crippen LogP contribution < -0.4 is 5.32 Å². The lowest BCUT2D eigenvalue weighted by atomic mass is 9.90. The highest BCUT2D eigenvalue weighted by Gasteiger charge is 2.35. The molecule has 2 amide bonds. The van der Waals surface area contributed by atoms with Gasteiger partial charge in [0.25, 0.3) is 11.8 Å². The van der Waals surface area contributed by atoms with Crippen molar-refractivity contribution in [1.82, 2.24) is 10.2 Å². The average Bonchev–Trinajstić information content (AvgIpc) is 2.31. The van der Waals surface area contributed by atoms with E-state index in [-0.39, 0.29) is 31.1 Å². The van der Waals surface area contributed by atoms with Gasteiger partial charge in [0, 0.05) is 12.1 Å². The van der Waals surface area contributed by atoms with Crippen LogP contribution in [0.25, 0.3) is 0 Å². The van der Waals surface area contributed by atoms with Gasteiger partial charge in [-0.1, -0.05) is 6.92 Å². The fourth-order valence-corrected chi connectivity index (χ4v) is 2.74. The number of nitrogens with one attached hydrogen (secondary N) is 1. The van der Waals surface area contributed by atoms with Crippen LogP contribution in [0, 0.1) is 0 Å². The summed E-state index contributed by atoms with van der Waals surface area (Å²) in [5.74, 6) is -0.346. The molecule has 1 aliphatic heterocycles. The van der Waals surface area contributed by atoms with Crippen LogP contribution >= 0.6 is 0 Å². The van der Waals surface area contributed by atoms with E-state index in [2.05, 4.69) is 12.2 Å². The summed E-state index contributed by atoms with van der Waals surface area (Å²) in [7, 11) is 0. The third kappa shape index (κ3) is 2.84. The first-order chi connectivity index (χ1) is 8.22. The van der Waals surface area contributed by atoms with Gasteiger partial charge in [0.05, 0.1) is 0 Å². The van der Waals surface area contributed by atoms with Gasteiger partial charge in [0.15, 0.2) is 0 Å². The number of carbonyl (C=O) groups is 2. The molecule has 0 atom stereocenters. The van der Waals surface area contributed by atoms with Crippen molar-refractivity contribution in [3.8, 4) is 0 Å². The quantitative estimate of drug-likeness (QED) is 0.720. The smallest absolute Gasteiger partial charge is 0.255 e. The number of amides is 2. The second-order valence-corrected chi connectivity index (χ2v) is 4.71. The van der Waals surface area contributed by atoms with Crippen LogP contribution in [0.3, 0.4) is 0 Å². The summed E-state index contributed by atoms with van der Waals surface area (Å²) in [6, 6.07) is 0.635. The van der Waals surface area contributed by atoms with E-state index in [9.17, 15) is 9.59 Å². The summed E-state index contributed by atoms with van der Waals surface area (Å²) in [6.07, 6.45) is 3.90. The average molecular weight is 240 g/mol. The van der Waals surface area contributed by atoms with E-state index in [0.717, 1.165) is 32.2 Å². The van der Waals surface area contributed by atoms with Gasteiger partial charge in [-0.25, -0.2) is 0 Å². The Morgan fingerprint density at radius 3 is 2.29 bits per heavy atom. The number of rotatable bonds is 3. The zero-order chi connectivity index (χ0) is 12.3. The molecule has 1 heterocycles. The second kappa shape index (κ2) is 5.60. The largest absolute Gasteiger partial charge is 0.362 e. The molecule has 96 valence electrons. The summed E-state index contributed by atoms with van der Waals surface area (Å²) < 4.78 is 4.92. The zero-order valence-corrected chi connectivity index (χ0v) is 10.3. The van der Waals surface area contributed by atoms with Crippen molar-refractivity contribution < 1.29 is 14.3 Å². The van der Waals surface area contributed by atoms with Gasteiger partial charge in [-0.2, -0.15) is 0 Å². The van der Waals surface area contributed by atoms with Crippen molar-refractivity contribution >= 4 is 11.8 Å². The van der Waals surface area contributed by atoms with Crippen LogP contribution in [0.2, 0.25) is 0 Å². The number of imide groups is 1. The first-order valence-electron chi connectivity index (χ1n) is 6.38. The van der Waals surface area contributed by atoms with Crippen molar-refractivity contribution in [3.63, 3.8) is 0 Å². The Morgan fingerprint density at radius 2 is 1.76 bits per heavy atom. The molecule has 1 aliphatic carbocycles. The Labute approximate surface area is 101 Å². The summed E-state index contributed by atoms with van der Waals surface area (Å²) in [6.45, 7) is 3.18. The molecule has 0 unspecified atom stereocenters. The van der Waals surface area contributed by atoms with Crippen LogP contribution in [-0.2, 0) is 14.3 Å². The predicted molar refractivity (Wildman–Crippen MR) is 62.4 cm³/mol.